The lowest BCUT2D eigenvalue weighted by molar-refractivity contribution is -0.140. The molecule has 2 aromatic rings. The number of rotatable bonds is 5. The number of carbonyl (C=O) groups is 3. The molecule has 174 valence electrons. The average molecular weight is 456 g/mol. The van der Waals surface area contributed by atoms with Crippen molar-refractivity contribution in [3.05, 3.63) is 71.3 Å². The maximum Gasteiger partial charge on any atom is 0.250 e. The van der Waals surface area contributed by atoms with Crippen LogP contribution < -0.4 is 5.32 Å². The van der Waals surface area contributed by atoms with Gasteiger partial charge in [0, 0.05) is 13.1 Å². The van der Waals surface area contributed by atoms with Crippen molar-refractivity contribution in [2.75, 3.05) is 13.6 Å². The van der Waals surface area contributed by atoms with Crippen molar-refractivity contribution in [1.29, 1.82) is 0 Å². The molecule has 2 aliphatic rings. The smallest absolute Gasteiger partial charge is 0.250 e. The van der Waals surface area contributed by atoms with Gasteiger partial charge in [-0.05, 0) is 49.4 Å². The van der Waals surface area contributed by atoms with Crippen molar-refractivity contribution in [2.24, 2.45) is 0 Å². The molecule has 0 radical (unpaired) electrons. The Morgan fingerprint density at radius 2 is 1.82 bits per heavy atom. The van der Waals surface area contributed by atoms with Gasteiger partial charge < -0.3 is 15.1 Å². The highest BCUT2D eigenvalue weighted by Gasteiger charge is 2.62. The van der Waals surface area contributed by atoms with Crippen LogP contribution in [0.2, 0.25) is 0 Å². The molecule has 2 aliphatic heterocycles. The highest BCUT2D eigenvalue weighted by molar-refractivity contribution is 5.99. The summed E-state index contributed by atoms with van der Waals surface area (Å²) >= 11 is 0. The lowest BCUT2D eigenvalue weighted by atomic mass is 10.00. The Morgan fingerprint density at radius 3 is 2.48 bits per heavy atom. The topological polar surface area (TPSA) is 69.5 Å². The second kappa shape index (κ2) is 8.92. The molecule has 2 aromatic carbocycles. The Kier molecular flexibility index (Phi) is 6.19. The van der Waals surface area contributed by atoms with Gasteiger partial charge in [0.05, 0.1) is 19.0 Å². The minimum atomic E-state index is -0.861. The predicted octanol–water partition coefficient (Wildman–Crippen LogP) is 2.98. The van der Waals surface area contributed by atoms with Crippen molar-refractivity contribution >= 4 is 17.7 Å². The summed E-state index contributed by atoms with van der Waals surface area (Å²) in [5.74, 6) is -2.48. The summed E-state index contributed by atoms with van der Waals surface area (Å²) < 4.78 is 26.7. The van der Waals surface area contributed by atoms with Gasteiger partial charge in [-0.3, -0.25) is 14.4 Å². The van der Waals surface area contributed by atoms with E-state index in [4.69, 9.17) is 0 Å². The molecule has 8 heteroatoms. The van der Waals surface area contributed by atoms with Crippen LogP contribution in [0.25, 0.3) is 0 Å². The van der Waals surface area contributed by atoms with Crippen molar-refractivity contribution in [3.8, 4) is 0 Å². The fraction of sp³-hybridized carbons (Fsp3) is 0.400. The number of carbonyl (C=O) groups excluding carboxylic acids is 3. The lowest BCUT2D eigenvalue weighted by Gasteiger charge is -2.28. The van der Waals surface area contributed by atoms with Crippen LogP contribution in [0, 0.1) is 11.6 Å². The SMILES string of the molecule is C[C@H](NC(=O)Cc1cc(F)cc(F)c1)C(=O)N1C[C@@]12CCC[C@@H](c1ccccc1)N(C)C2=O. The number of hydrogen-bond acceptors (Lipinski definition) is 3. The van der Waals surface area contributed by atoms with E-state index in [1.165, 1.54) is 4.90 Å². The molecule has 0 aliphatic carbocycles. The number of likely N-dealkylation sites (tertiary alicyclic amines) is 1. The Labute approximate surface area is 191 Å². The van der Waals surface area contributed by atoms with E-state index < -0.39 is 29.1 Å². The third-order valence-electron chi connectivity index (χ3n) is 6.57. The van der Waals surface area contributed by atoms with E-state index in [0.717, 1.165) is 36.6 Å². The maximum atomic E-state index is 13.4. The molecule has 1 spiro atoms. The number of hydrogen-bond donors (Lipinski definition) is 1. The highest BCUT2D eigenvalue weighted by Crippen LogP contribution is 2.44. The Bertz CT molecular complexity index is 1060. The second-order valence-electron chi connectivity index (χ2n) is 8.93. The zero-order valence-corrected chi connectivity index (χ0v) is 18.7. The van der Waals surface area contributed by atoms with Crippen LogP contribution in [0.4, 0.5) is 8.78 Å². The lowest BCUT2D eigenvalue weighted by Crippen LogP contribution is -2.47. The summed E-state index contributed by atoms with van der Waals surface area (Å²) in [6.45, 7) is 1.88. The molecule has 6 nitrogen and oxygen atoms in total. The van der Waals surface area contributed by atoms with Crippen molar-refractivity contribution in [2.45, 2.75) is 50.2 Å². The van der Waals surface area contributed by atoms with Crippen LogP contribution in [-0.2, 0) is 20.8 Å². The summed E-state index contributed by atoms with van der Waals surface area (Å²) in [6, 6.07) is 11.8. The summed E-state index contributed by atoms with van der Waals surface area (Å²) in [5.41, 5.74) is 0.388. The summed E-state index contributed by atoms with van der Waals surface area (Å²) in [6.07, 6.45) is 1.93. The van der Waals surface area contributed by atoms with Crippen molar-refractivity contribution < 1.29 is 23.2 Å². The number of benzene rings is 2. The molecule has 2 fully saturated rings. The molecule has 0 bridgehead atoms. The van der Waals surface area contributed by atoms with Gasteiger partial charge in [0.15, 0.2) is 0 Å². The molecule has 3 amide bonds. The normalized spacial score (nSPS) is 23.3. The molecule has 0 unspecified atom stereocenters. The van der Waals surface area contributed by atoms with E-state index in [1.54, 1.807) is 18.9 Å². The van der Waals surface area contributed by atoms with Crippen LogP contribution in [-0.4, -0.2) is 52.7 Å². The van der Waals surface area contributed by atoms with Gasteiger partial charge in [-0.15, -0.1) is 0 Å². The van der Waals surface area contributed by atoms with Crippen molar-refractivity contribution in [3.63, 3.8) is 0 Å². The van der Waals surface area contributed by atoms with E-state index in [1.807, 2.05) is 30.3 Å². The van der Waals surface area contributed by atoms with E-state index in [0.29, 0.717) is 13.0 Å². The Morgan fingerprint density at radius 1 is 1.15 bits per heavy atom. The molecule has 0 saturated carbocycles. The minimum absolute atomic E-state index is 0.0422. The minimum Gasteiger partial charge on any atom is -0.344 e. The molecule has 2 saturated heterocycles. The fourth-order valence-electron chi connectivity index (χ4n) is 4.82. The second-order valence-corrected chi connectivity index (χ2v) is 8.93. The molecule has 1 N–H and O–H groups in total. The number of nitrogens with one attached hydrogen (secondary N) is 1. The van der Waals surface area contributed by atoms with Crippen LogP contribution in [0.3, 0.4) is 0 Å². The van der Waals surface area contributed by atoms with Gasteiger partial charge >= 0.3 is 0 Å². The number of halogens is 2. The molecule has 33 heavy (non-hydrogen) atoms. The molecule has 3 atom stereocenters. The molecule has 0 aromatic heterocycles. The standard InChI is InChI=1S/C25H27F2N3O3/c1-16(28-22(31)13-17-11-19(26)14-20(27)12-17)23(32)30-15-25(30)10-6-9-21(29(2)24(25)33)18-7-4-3-5-8-18/h3-5,7-8,11-12,14,16,21H,6,9-10,13,15H2,1-2H3,(H,28,31)/t16-,21-,25+,30?/m0/s1. The van der Waals surface area contributed by atoms with Crippen LogP contribution in [0.5, 0.6) is 0 Å². The summed E-state index contributed by atoms with van der Waals surface area (Å²) in [7, 11) is 1.78. The van der Waals surface area contributed by atoms with Gasteiger partial charge in [0.25, 0.3) is 5.91 Å². The highest BCUT2D eigenvalue weighted by atomic mass is 19.1. The van der Waals surface area contributed by atoms with E-state index in [9.17, 15) is 23.2 Å². The molecule has 2 heterocycles. The maximum absolute atomic E-state index is 13.4. The quantitative estimate of drug-likeness (QED) is 0.705. The average Bonchev–Trinajstić information content (AvgIpc) is 3.51. The third kappa shape index (κ3) is 4.60. The first-order valence-corrected chi connectivity index (χ1v) is 11.1. The zero-order valence-electron chi connectivity index (χ0n) is 18.7. The van der Waals surface area contributed by atoms with Crippen LogP contribution in [0.1, 0.15) is 43.4 Å². The van der Waals surface area contributed by atoms with Gasteiger partial charge in [-0.1, -0.05) is 30.3 Å². The van der Waals surface area contributed by atoms with E-state index >= 15 is 0 Å². The number of nitrogens with zero attached hydrogens (tertiary/aromatic N) is 2. The monoisotopic (exact) mass is 455 g/mol. The first kappa shape index (κ1) is 22.9. The van der Waals surface area contributed by atoms with Gasteiger partial charge in [-0.2, -0.15) is 0 Å². The van der Waals surface area contributed by atoms with E-state index in [2.05, 4.69) is 5.32 Å². The first-order valence-electron chi connectivity index (χ1n) is 11.1. The van der Waals surface area contributed by atoms with E-state index in [-0.39, 0.29) is 29.8 Å². The first-order chi connectivity index (χ1) is 15.7. The molecule has 4 rings (SSSR count). The molecular formula is C25H27F2N3O3. The van der Waals surface area contributed by atoms with Gasteiger partial charge in [0.2, 0.25) is 11.8 Å². The van der Waals surface area contributed by atoms with Crippen LogP contribution >= 0.6 is 0 Å². The van der Waals surface area contributed by atoms with Crippen molar-refractivity contribution in [1.82, 2.24) is 15.1 Å². The fourth-order valence-corrected chi connectivity index (χ4v) is 4.82. The number of amides is 3. The summed E-state index contributed by atoms with van der Waals surface area (Å²) in [5, 5.41) is 2.59. The summed E-state index contributed by atoms with van der Waals surface area (Å²) in [4.78, 5) is 42.0. The Hall–Kier alpha value is -3.29. The van der Waals surface area contributed by atoms with Gasteiger partial charge in [-0.25, -0.2) is 8.78 Å². The Balaban J connectivity index is 1.39. The largest absolute Gasteiger partial charge is 0.344 e. The molecular weight excluding hydrogens is 428 g/mol. The van der Waals surface area contributed by atoms with Gasteiger partial charge in [0.1, 0.15) is 23.2 Å². The number of likely N-dealkylation sites (N-methyl/N-ethyl adjacent to an activating group) is 1. The van der Waals surface area contributed by atoms with Crippen LogP contribution in [0.15, 0.2) is 48.5 Å². The predicted molar refractivity (Wildman–Crippen MR) is 118 cm³/mol. The third-order valence-corrected chi connectivity index (χ3v) is 6.57. The zero-order chi connectivity index (χ0) is 23.8.